The van der Waals surface area contributed by atoms with Crippen molar-refractivity contribution in [3.05, 3.63) is 39.4 Å². The third-order valence-corrected chi connectivity index (χ3v) is 3.82. The molecule has 0 spiro atoms. The normalized spacial score (nSPS) is 23.3. The van der Waals surface area contributed by atoms with Gasteiger partial charge in [0.05, 0.1) is 17.6 Å². The smallest absolute Gasteiger partial charge is 0.272 e. The van der Waals surface area contributed by atoms with E-state index in [1.807, 2.05) is 6.07 Å². The van der Waals surface area contributed by atoms with Gasteiger partial charge in [-0.1, -0.05) is 25.0 Å². The van der Waals surface area contributed by atoms with E-state index in [4.69, 9.17) is 10.5 Å². The van der Waals surface area contributed by atoms with Crippen molar-refractivity contribution < 1.29 is 9.66 Å². The predicted octanol–water partition coefficient (Wildman–Crippen LogP) is 2.69. The highest BCUT2D eigenvalue weighted by molar-refractivity contribution is 5.44. The Morgan fingerprint density at radius 2 is 2.16 bits per heavy atom. The van der Waals surface area contributed by atoms with Gasteiger partial charge in [-0.2, -0.15) is 0 Å². The van der Waals surface area contributed by atoms with Gasteiger partial charge in [0.25, 0.3) is 5.69 Å². The summed E-state index contributed by atoms with van der Waals surface area (Å²) in [5, 5.41) is 10.9. The van der Waals surface area contributed by atoms with Gasteiger partial charge in [0.1, 0.15) is 0 Å². The summed E-state index contributed by atoms with van der Waals surface area (Å²) in [5.74, 6) is 0. The molecule has 2 atom stereocenters. The van der Waals surface area contributed by atoms with Crippen molar-refractivity contribution in [3.63, 3.8) is 0 Å². The van der Waals surface area contributed by atoms with E-state index in [9.17, 15) is 10.1 Å². The fourth-order valence-electron chi connectivity index (χ4n) is 2.55. The van der Waals surface area contributed by atoms with Crippen molar-refractivity contribution in [1.29, 1.82) is 0 Å². The Labute approximate surface area is 112 Å². The van der Waals surface area contributed by atoms with Gasteiger partial charge in [-0.3, -0.25) is 10.1 Å². The molecular formula is C14H20N2O3. The molecule has 0 saturated heterocycles. The van der Waals surface area contributed by atoms with E-state index in [0.717, 1.165) is 31.2 Å². The number of benzene rings is 1. The number of nitro benzene ring substituents is 1. The van der Waals surface area contributed by atoms with Crippen molar-refractivity contribution in [1.82, 2.24) is 0 Å². The minimum absolute atomic E-state index is 0.0763. The lowest BCUT2D eigenvalue weighted by Gasteiger charge is -2.28. The SMILES string of the molecule is Cc1c(COC2CCCCC2N)cccc1[N+](=O)[O-]. The highest BCUT2D eigenvalue weighted by Gasteiger charge is 2.23. The highest BCUT2D eigenvalue weighted by Crippen LogP contribution is 2.24. The summed E-state index contributed by atoms with van der Waals surface area (Å²) in [6.07, 6.45) is 4.36. The van der Waals surface area contributed by atoms with Crippen LogP contribution >= 0.6 is 0 Å². The first-order chi connectivity index (χ1) is 9.09. The van der Waals surface area contributed by atoms with Crippen molar-refractivity contribution in [3.8, 4) is 0 Å². The monoisotopic (exact) mass is 264 g/mol. The Morgan fingerprint density at radius 1 is 1.42 bits per heavy atom. The molecule has 1 fully saturated rings. The number of hydrogen-bond donors (Lipinski definition) is 1. The van der Waals surface area contributed by atoms with Crippen LogP contribution in [-0.4, -0.2) is 17.1 Å². The van der Waals surface area contributed by atoms with Crippen LogP contribution in [0.5, 0.6) is 0 Å². The van der Waals surface area contributed by atoms with Crippen LogP contribution in [0.4, 0.5) is 5.69 Å². The van der Waals surface area contributed by atoms with Crippen molar-refractivity contribution in [2.75, 3.05) is 0 Å². The van der Waals surface area contributed by atoms with Crippen LogP contribution in [0.25, 0.3) is 0 Å². The maximum absolute atomic E-state index is 10.9. The maximum atomic E-state index is 10.9. The fraction of sp³-hybridized carbons (Fsp3) is 0.571. The molecule has 5 nitrogen and oxygen atoms in total. The first-order valence-corrected chi connectivity index (χ1v) is 6.69. The Morgan fingerprint density at radius 3 is 2.84 bits per heavy atom. The largest absolute Gasteiger partial charge is 0.372 e. The number of nitrogens with two attached hydrogens (primary N) is 1. The Hall–Kier alpha value is -1.46. The lowest BCUT2D eigenvalue weighted by atomic mass is 9.93. The number of nitro groups is 1. The van der Waals surface area contributed by atoms with E-state index in [1.165, 1.54) is 6.07 Å². The summed E-state index contributed by atoms with van der Waals surface area (Å²) in [5.41, 5.74) is 7.72. The Balaban J connectivity index is 2.03. The number of ether oxygens (including phenoxy) is 1. The second-order valence-corrected chi connectivity index (χ2v) is 5.12. The summed E-state index contributed by atoms with van der Waals surface area (Å²) < 4.78 is 5.85. The van der Waals surface area contributed by atoms with Crippen LogP contribution in [-0.2, 0) is 11.3 Å². The van der Waals surface area contributed by atoms with Gasteiger partial charge in [-0.05, 0) is 25.3 Å². The minimum atomic E-state index is -0.356. The molecule has 0 aliphatic heterocycles. The van der Waals surface area contributed by atoms with E-state index < -0.39 is 0 Å². The van der Waals surface area contributed by atoms with Gasteiger partial charge in [0.2, 0.25) is 0 Å². The summed E-state index contributed by atoms with van der Waals surface area (Å²) in [4.78, 5) is 10.5. The van der Waals surface area contributed by atoms with Crippen molar-refractivity contribution in [2.24, 2.45) is 5.73 Å². The topological polar surface area (TPSA) is 78.4 Å². The highest BCUT2D eigenvalue weighted by atomic mass is 16.6. The first-order valence-electron chi connectivity index (χ1n) is 6.69. The molecule has 0 aromatic heterocycles. The second kappa shape index (κ2) is 6.12. The van der Waals surface area contributed by atoms with Crippen LogP contribution in [0.3, 0.4) is 0 Å². The van der Waals surface area contributed by atoms with Crippen LogP contribution in [0, 0.1) is 17.0 Å². The standard InChI is InChI=1S/C14H20N2O3/c1-10-11(5-4-7-13(10)16(17)18)9-19-14-8-3-2-6-12(14)15/h4-5,7,12,14H,2-3,6,8-9,15H2,1H3. The molecule has 1 aliphatic rings. The van der Waals surface area contributed by atoms with Gasteiger partial charge >= 0.3 is 0 Å². The molecule has 2 N–H and O–H groups in total. The summed E-state index contributed by atoms with van der Waals surface area (Å²) in [6.45, 7) is 2.16. The van der Waals surface area contributed by atoms with Crippen molar-refractivity contribution >= 4 is 5.69 Å². The second-order valence-electron chi connectivity index (χ2n) is 5.12. The fourth-order valence-corrected chi connectivity index (χ4v) is 2.55. The van der Waals surface area contributed by atoms with E-state index >= 15 is 0 Å². The molecule has 1 aromatic carbocycles. The molecule has 5 heteroatoms. The lowest BCUT2D eigenvalue weighted by molar-refractivity contribution is -0.385. The lowest BCUT2D eigenvalue weighted by Crippen LogP contribution is -2.39. The summed E-state index contributed by atoms with van der Waals surface area (Å²) in [6, 6.07) is 5.18. The number of hydrogen-bond acceptors (Lipinski definition) is 4. The molecule has 1 aromatic rings. The van der Waals surface area contributed by atoms with Gasteiger partial charge < -0.3 is 10.5 Å². The number of nitrogens with zero attached hydrogens (tertiary/aromatic N) is 1. The van der Waals surface area contributed by atoms with Crippen LogP contribution < -0.4 is 5.73 Å². The molecule has 0 radical (unpaired) electrons. The molecule has 0 amide bonds. The molecule has 19 heavy (non-hydrogen) atoms. The molecule has 0 bridgehead atoms. The van der Waals surface area contributed by atoms with Gasteiger partial charge in [-0.25, -0.2) is 0 Å². The zero-order valence-corrected chi connectivity index (χ0v) is 11.2. The minimum Gasteiger partial charge on any atom is -0.372 e. The van der Waals surface area contributed by atoms with E-state index in [-0.39, 0.29) is 22.8 Å². The third kappa shape index (κ3) is 3.30. The average Bonchev–Trinajstić information content (AvgIpc) is 2.39. The van der Waals surface area contributed by atoms with Gasteiger partial charge in [0.15, 0.2) is 0 Å². The molecule has 2 unspecified atom stereocenters. The third-order valence-electron chi connectivity index (χ3n) is 3.82. The maximum Gasteiger partial charge on any atom is 0.272 e. The van der Waals surface area contributed by atoms with Gasteiger partial charge in [0, 0.05) is 17.7 Å². The Kier molecular flexibility index (Phi) is 4.50. The molecule has 2 rings (SSSR count). The first kappa shape index (κ1) is 14.0. The van der Waals surface area contributed by atoms with Crippen LogP contribution in [0.2, 0.25) is 0 Å². The molecular weight excluding hydrogens is 244 g/mol. The summed E-state index contributed by atoms with van der Waals surface area (Å²) in [7, 11) is 0. The average molecular weight is 264 g/mol. The van der Waals surface area contributed by atoms with Gasteiger partial charge in [-0.15, -0.1) is 0 Å². The molecule has 1 saturated carbocycles. The zero-order chi connectivity index (χ0) is 13.8. The van der Waals surface area contributed by atoms with E-state index in [2.05, 4.69) is 0 Å². The van der Waals surface area contributed by atoms with Crippen LogP contribution in [0.15, 0.2) is 18.2 Å². The van der Waals surface area contributed by atoms with Crippen molar-refractivity contribution in [2.45, 2.75) is 51.4 Å². The van der Waals surface area contributed by atoms with Crippen LogP contribution in [0.1, 0.15) is 36.8 Å². The van der Waals surface area contributed by atoms with E-state index in [1.54, 1.807) is 13.0 Å². The predicted molar refractivity (Wildman–Crippen MR) is 72.9 cm³/mol. The molecule has 1 aliphatic carbocycles. The quantitative estimate of drug-likeness (QED) is 0.670. The van der Waals surface area contributed by atoms with E-state index in [0.29, 0.717) is 12.2 Å². The summed E-state index contributed by atoms with van der Waals surface area (Å²) >= 11 is 0. The molecule has 104 valence electrons. The number of rotatable bonds is 4. The Bertz CT molecular complexity index is 462. The molecule has 0 heterocycles. The zero-order valence-electron chi connectivity index (χ0n) is 11.2.